The summed E-state index contributed by atoms with van der Waals surface area (Å²) >= 11 is 0. The van der Waals surface area contributed by atoms with Crippen LogP contribution in [0.1, 0.15) is 10.4 Å². The van der Waals surface area contributed by atoms with E-state index in [-0.39, 0.29) is 5.91 Å². The smallest absolute Gasteiger partial charge is 0.251 e. The Bertz CT molecular complexity index is 1150. The summed E-state index contributed by atoms with van der Waals surface area (Å²) in [6.07, 6.45) is 1.72. The first-order chi connectivity index (χ1) is 13.2. The van der Waals surface area contributed by atoms with Crippen LogP contribution in [0, 0.1) is 0 Å². The maximum atomic E-state index is 12.0. The van der Waals surface area contributed by atoms with Crippen LogP contribution < -0.4 is 14.8 Å². The van der Waals surface area contributed by atoms with Gasteiger partial charge in [-0.25, -0.2) is 0 Å². The SMILES string of the molecule is CNC(=O)c1cccc2cc(Oc3ccnc4ccc(OC)cc34)ccc12. The van der Waals surface area contributed by atoms with Crippen LogP contribution in [0.5, 0.6) is 17.2 Å². The quantitative estimate of drug-likeness (QED) is 0.581. The number of hydrogen-bond donors (Lipinski definition) is 1. The summed E-state index contributed by atoms with van der Waals surface area (Å²) in [6.45, 7) is 0. The number of nitrogens with zero attached hydrogens (tertiary/aromatic N) is 1. The molecule has 0 atom stereocenters. The lowest BCUT2D eigenvalue weighted by Gasteiger charge is -2.11. The van der Waals surface area contributed by atoms with Gasteiger partial charge in [0.2, 0.25) is 0 Å². The second-order valence-corrected chi connectivity index (χ2v) is 6.06. The lowest BCUT2D eigenvalue weighted by atomic mass is 10.0. The van der Waals surface area contributed by atoms with Crippen LogP contribution in [-0.2, 0) is 0 Å². The van der Waals surface area contributed by atoms with Gasteiger partial charge in [0.15, 0.2) is 0 Å². The summed E-state index contributed by atoms with van der Waals surface area (Å²) in [5.74, 6) is 2.02. The molecule has 1 amide bonds. The van der Waals surface area contributed by atoms with Crippen molar-refractivity contribution in [3.8, 4) is 17.2 Å². The molecule has 27 heavy (non-hydrogen) atoms. The molecule has 1 N–H and O–H groups in total. The third kappa shape index (κ3) is 3.15. The zero-order chi connectivity index (χ0) is 18.8. The number of carbonyl (C=O) groups is 1. The normalized spacial score (nSPS) is 10.7. The van der Waals surface area contributed by atoms with Crippen LogP contribution in [0.25, 0.3) is 21.7 Å². The number of pyridine rings is 1. The van der Waals surface area contributed by atoms with Crippen LogP contribution in [-0.4, -0.2) is 25.0 Å². The van der Waals surface area contributed by atoms with Gasteiger partial charge in [-0.05, 0) is 59.3 Å². The largest absolute Gasteiger partial charge is 0.497 e. The van der Waals surface area contributed by atoms with Gasteiger partial charge in [-0.1, -0.05) is 12.1 Å². The summed E-state index contributed by atoms with van der Waals surface area (Å²) in [4.78, 5) is 16.4. The van der Waals surface area contributed by atoms with Crippen molar-refractivity contribution >= 4 is 27.6 Å². The van der Waals surface area contributed by atoms with Crippen molar-refractivity contribution in [1.82, 2.24) is 10.3 Å². The molecule has 0 bridgehead atoms. The minimum absolute atomic E-state index is 0.110. The van der Waals surface area contributed by atoms with Gasteiger partial charge in [0.05, 0.1) is 12.6 Å². The van der Waals surface area contributed by atoms with Crippen LogP contribution in [0.4, 0.5) is 0 Å². The molecule has 0 unspecified atom stereocenters. The van der Waals surface area contributed by atoms with Crippen molar-refractivity contribution in [2.24, 2.45) is 0 Å². The zero-order valence-electron chi connectivity index (χ0n) is 15.0. The van der Waals surface area contributed by atoms with Crippen molar-refractivity contribution in [3.63, 3.8) is 0 Å². The maximum absolute atomic E-state index is 12.0. The molecule has 0 spiro atoms. The van der Waals surface area contributed by atoms with E-state index in [0.717, 1.165) is 27.4 Å². The molecule has 3 aromatic carbocycles. The molecule has 0 radical (unpaired) electrons. The fourth-order valence-electron chi connectivity index (χ4n) is 3.10. The highest BCUT2D eigenvalue weighted by atomic mass is 16.5. The number of carbonyl (C=O) groups excluding carboxylic acids is 1. The van der Waals surface area contributed by atoms with Gasteiger partial charge in [-0.2, -0.15) is 0 Å². The molecule has 1 heterocycles. The minimum Gasteiger partial charge on any atom is -0.497 e. The second kappa shape index (κ2) is 6.96. The molecule has 0 aliphatic carbocycles. The number of benzene rings is 3. The van der Waals surface area contributed by atoms with E-state index in [9.17, 15) is 4.79 Å². The number of ether oxygens (including phenoxy) is 2. The van der Waals surface area contributed by atoms with Gasteiger partial charge in [-0.3, -0.25) is 9.78 Å². The predicted molar refractivity (Wildman–Crippen MR) is 106 cm³/mol. The molecule has 134 valence electrons. The molecule has 1 aromatic heterocycles. The Labute approximate surface area is 156 Å². The molecule has 4 aromatic rings. The minimum atomic E-state index is -0.110. The fraction of sp³-hybridized carbons (Fsp3) is 0.0909. The highest BCUT2D eigenvalue weighted by Gasteiger charge is 2.10. The average molecular weight is 358 g/mol. The summed E-state index contributed by atoms with van der Waals surface area (Å²) < 4.78 is 11.4. The first kappa shape index (κ1) is 16.8. The predicted octanol–water partition coefficient (Wildman–Crippen LogP) is 4.55. The van der Waals surface area contributed by atoms with E-state index in [1.165, 1.54) is 0 Å². The number of rotatable bonds is 4. The lowest BCUT2D eigenvalue weighted by Crippen LogP contribution is -2.17. The van der Waals surface area contributed by atoms with E-state index in [2.05, 4.69) is 10.3 Å². The van der Waals surface area contributed by atoms with E-state index in [4.69, 9.17) is 9.47 Å². The van der Waals surface area contributed by atoms with Crippen LogP contribution >= 0.6 is 0 Å². The molecular weight excluding hydrogens is 340 g/mol. The molecule has 5 heteroatoms. The molecule has 0 aliphatic rings. The number of fused-ring (bicyclic) bond motifs is 2. The van der Waals surface area contributed by atoms with Crippen molar-refractivity contribution in [1.29, 1.82) is 0 Å². The summed E-state index contributed by atoms with van der Waals surface area (Å²) in [5.41, 5.74) is 1.47. The first-order valence-corrected chi connectivity index (χ1v) is 8.55. The van der Waals surface area contributed by atoms with Crippen LogP contribution in [0.2, 0.25) is 0 Å². The lowest BCUT2D eigenvalue weighted by molar-refractivity contribution is 0.0964. The number of nitrogens with one attached hydrogen (secondary N) is 1. The molecule has 0 aliphatic heterocycles. The summed E-state index contributed by atoms with van der Waals surface area (Å²) in [7, 11) is 3.26. The Morgan fingerprint density at radius 1 is 0.963 bits per heavy atom. The number of methoxy groups -OCH3 is 1. The Balaban J connectivity index is 1.76. The molecule has 4 rings (SSSR count). The van der Waals surface area contributed by atoms with E-state index in [1.54, 1.807) is 20.4 Å². The molecule has 0 saturated heterocycles. The third-order valence-electron chi connectivity index (χ3n) is 4.46. The Morgan fingerprint density at radius 3 is 2.63 bits per heavy atom. The van der Waals surface area contributed by atoms with Gasteiger partial charge < -0.3 is 14.8 Å². The van der Waals surface area contributed by atoms with Gasteiger partial charge in [0.1, 0.15) is 17.2 Å². The monoisotopic (exact) mass is 358 g/mol. The average Bonchev–Trinajstić information content (AvgIpc) is 2.72. The highest BCUT2D eigenvalue weighted by molar-refractivity contribution is 6.07. The van der Waals surface area contributed by atoms with E-state index < -0.39 is 0 Å². The van der Waals surface area contributed by atoms with Crippen molar-refractivity contribution < 1.29 is 14.3 Å². The number of amides is 1. The van der Waals surface area contributed by atoms with E-state index in [1.807, 2.05) is 60.7 Å². The van der Waals surface area contributed by atoms with Gasteiger partial charge >= 0.3 is 0 Å². The maximum Gasteiger partial charge on any atom is 0.251 e. The van der Waals surface area contributed by atoms with Gasteiger partial charge in [0, 0.05) is 24.2 Å². The standard InChI is InChI=1S/C22H18N2O3/c1-23-22(25)18-5-3-4-14-12-16(6-8-17(14)18)27-21-10-11-24-20-9-7-15(26-2)13-19(20)21/h3-13H,1-2H3,(H,23,25). The zero-order valence-corrected chi connectivity index (χ0v) is 15.0. The Kier molecular flexibility index (Phi) is 4.34. The van der Waals surface area contributed by atoms with E-state index >= 15 is 0 Å². The molecule has 0 fully saturated rings. The molecular formula is C22H18N2O3. The fourth-order valence-corrected chi connectivity index (χ4v) is 3.10. The number of hydrogen-bond acceptors (Lipinski definition) is 4. The van der Waals surface area contributed by atoms with Crippen molar-refractivity contribution in [3.05, 3.63) is 72.4 Å². The first-order valence-electron chi connectivity index (χ1n) is 8.55. The number of aromatic nitrogens is 1. The topological polar surface area (TPSA) is 60.5 Å². The van der Waals surface area contributed by atoms with Gasteiger partial charge in [-0.15, -0.1) is 0 Å². The van der Waals surface area contributed by atoms with Crippen molar-refractivity contribution in [2.45, 2.75) is 0 Å². The Morgan fingerprint density at radius 2 is 1.81 bits per heavy atom. The van der Waals surface area contributed by atoms with Crippen molar-refractivity contribution in [2.75, 3.05) is 14.2 Å². The van der Waals surface area contributed by atoms with Crippen LogP contribution in [0.3, 0.4) is 0 Å². The molecule has 5 nitrogen and oxygen atoms in total. The van der Waals surface area contributed by atoms with Crippen LogP contribution in [0.15, 0.2) is 66.9 Å². The van der Waals surface area contributed by atoms with E-state index in [0.29, 0.717) is 17.1 Å². The highest BCUT2D eigenvalue weighted by Crippen LogP contribution is 2.33. The summed E-state index contributed by atoms with van der Waals surface area (Å²) in [5, 5.41) is 5.36. The molecule has 0 saturated carbocycles. The third-order valence-corrected chi connectivity index (χ3v) is 4.46. The Hall–Kier alpha value is -3.60. The summed E-state index contributed by atoms with van der Waals surface area (Å²) in [6, 6.07) is 18.8. The van der Waals surface area contributed by atoms with Gasteiger partial charge in [0.25, 0.3) is 5.91 Å². The second-order valence-electron chi connectivity index (χ2n) is 6.06.